The normalized spacial score (nSPS) is 11.4. The lowest BCUT2D eigenvalue weighted by Gasteiger charge is -2.12. The van der Waals surface area contributed by atoms with E-state index in [1.807, 2.05) is 24.3 Å². The summed E-state index contributed by atoms with van der Waals surface area (Å²) in [5.74, 6) is 2.50. The minimum absolute atomic E-state index is 0.362. The molecule has 0 aliphatic heterocycles. The Kier molecular flexibility index (Phi) is 7.08. The van der Waals surface area contributed by atoms with Crippen molar-refractivity contribution < 1.29 is 9.26 Å². The molecule has 0 amide bonds. The molecule has 0 fully saturated rings. The van der Waals surface area contributed by atoms with E-state index in [2.05, 4.69) is 38.8 Å². The van der Waals surface area contributed by atoms with Crippen LogP contribution in [-0.2, 0) is 13.0 Å². The third-order valence-electron chi connectivity index (χ3n) is 4.30. The molecule has 3 rings (SSSR count). The number of methoxy groups -OCH3 is 1. The van der Waals surface area contributed by atoms with E-state index in [4.69, 9.17) is 20.9 Å². The van der Waals surface area contributed by atoms with Crippen LogP contribution in [0.5, 0.6) is 5.75 Å². The smallest absolute Gasteiger partial charge is 0.246 e. The molecule has 29 heavy (non-hydrogen) atoms. The average Bonchev–Trinajstić information content (AvgIpc) is 3.20. The molecule has 0 spiro atoms. The van der Waals surface area contributed by atoms with Gasteiger partial charge in [-0.25, -0.2) is 0 Å². The van der Waals surface area contributed by atoms with E-state index >= 15 is 0 Å². The standard InChI is InChI=1S/C21H24ClN5O2/c1-14-7-8-18(28-3)15(11-14)9-10-24-21(23-2)25-13-19-26-20(27-29-19)16-5-4-6-17(22)12-16/h4-8,11-12H,9-10,13H2,1-3H3,(H2,23,24,25). The number of benzene rings is 2. The second-order valence-corrected chi connectivity index (χ2v) is 6.88. The molecule has 1 aromatic heterocycles. The number of guanidine groups is 1. The van der Waals surface area contributed by atoms with Crippen molar-refractivity contribution in [1.82, 2.24) is 20.8 Å². The van der Waals surface area contributed by atoms with Crippen molar-refractivity contribution in [3.05, 3.63) is 64.5 Å². The monoisotopic (exact) mass is 413 g/mol. The Morgan fingerprint density at radius 2 is 2.07 bits per heavy atom. The molecular weight excluding hydrogens is 390 g/mol. The third kappa shape index (κ3) is 5.71. The van der Waals surface area contributed by atoms with E-state index in [9.17, 15) is 0 Å². The van der Waals surface area contributed by atoms with Crippen molar-refractivity contribution in [1.29, 1.82) is 0 Å². The van der Waals surface area contributed by atoms with Crippen LogP contribution in [-0.4, -0.2) is 36.8 Å². The van der Waals surface area contributed by atoms with Crippen LogP contribution in [0.25, 0.3) is 11.4 Å². The van der Waals surface area contributed by atoms with E-state index in [-0.39, 0.29) is 0 Å². The van der Waals surface area contributed by atoms with Gasteiger partial charge in [0.2, 0.25) is 11.7 Å². The molecule has 2 N–H and O–H groups in total. The van der Waals surface area contributed by atoms with Gasteiger partial charge >= 0.3 is 0 Å². The number of aryl methyl sites for hydroxylation is 1. The topological polar surface area (TPSA) is 84.6 Å². The van der Waals surface area contributed by atoms with Gasteiger partial charge in [0, 0.05) is 24.2 Å². The Bertz CT molecular complexity index is 987. The van der Waals surface area contributed by atoms with Crippen molar-refractivity contribution in [2.45, 2.75) is 19.9 Å². The van der Waals surface area contributed by atoms with Crippen molar-refractivity contribution >= 4 is 17.6 Å². The Labute approximate surface area is 175 Å². The first-order valence-corrected chi connectivity index (χ1v) is 9.63. The van der Waals surface area contributed by atoms with Crippen LogP contribution in [0.15, 0.2) is 52.0 Å². The van der Waals surface area contributed by atoms with E-state index in [0.29, 0.717) is 35.8 Å². The summed E-state index contributed by atoms with van der Waals surface area (Å²) in [7, 11) is 3.40. The maximum Gasteiger partial charge on any atom is 0.246 e. The van der Waals surface area contributed by atoms with Gasteiger partial charge in [-0.2, -0.15) is 4.98 Å². The molecule has 0 bridgehead atoms. The number of hydrogen-bond acceptors (Lipinski definition) is 5. The maximum absolute atomic E-state index is 6.01. The van der Waals surface area contributed by atoms with Gasteiger partial charge in [0.05, 0.1) is 13.7 Å². The molecule has 0 atom stereocenters. The second kappa shape index (κ2) is 9.93. The minimum Gasteiger partial charge on any atom is -0.496 e. The largest absolute Gasteiger partial charge is 0.496 e. The lowest BCUT2D eigenvalue weighted by Crippen LogP contribution is -2.38. The number of nitrogens with zero attached hydrogens (tertiary/aromatic N) is 3. The van der Waals surface area contributed by atoms with Gasteiger partial charge in [-0.3, -0.25) is 4.99 Å². The predicted molar refractivity (Wildman–Crippen MR) is 114 cm³/mol. The highest BCUT2D eigenvalue weighted by Gasteiger charge is 2.10. The zero-order valence-corrected chi connectivity index (χ0v) is 17.5. The first kappa shape index (κ1) is 20.7. The second-order valence-electron chi connectivity index (χ2n) is 6.44. The van der Waals surface area contributed by atoms with E-state index in [0.717, 1.165) is 23.3 Å². The maximum atomic E-state index is 6.01. The SMILES string of the molecule is CN=C(NCCc1cc(C)ccc1OC)NCc1nc(-c2cccc(Cl)c2)no1. The van der Waals surface area contributed by atoms with Gasteiger partial charge < -0.3 is 19.9 Å². The van der Waals surface area contributed by atoms with Gasteiger partial charge in [-0.15, -0.1) is 0 Å². The van der Waals surface area contributed by atoms with Crippen LogP contribution in [0.3, 0.4) is 0 Å². The van der Waals surface area contributed by atoms with Crippen LogP contribution in [0.4, 0.5) is 0 Å². The molecule has 1 heterocycles. The molecule has 3 aromatic rings. The molecule has 8 heteroatoms. The number of nitrogens with one attached hydrogen (secondary N) is 2. The zero-order chi connectivity index (χ0) is 20.6. The molecule has 7 nitrogen and oxygen atoms in total. The van der Waals surface area contributed by atoms with Crippen molar-refractivity contribution in [3.8, 4) is 17.1 Å². The average molecular weight is 414 g/mol. The van der Waals surface area contributed by atoms with Crippen LogP contribution in [0.1, 0.15) is 17.0 Å². The number of rotatable bonds is 7. The highest BCUT2D eigenvalue weighted by atomic mass is 35.5. The summed E-state index contributed by atoms with van der Waals surface area (Å²) in [5, 5.41) is 11.1. The fraction of sp³-hybridized carbons (Fsp3) is 0.286. The zero-order valence-electron chi connectivity index (χ0n) is 16.7. The molecule has 0 saturated heterocycles. The lowest BCUT2D eigenvalue weighted by molar-refractivity contribution is 0.375. The van der Waals surface area contributed by atoms with Crippen LogP contribution in [0, 0.1) is 6.92 Å². The van der Waals surface area contributed by atoms with E-state index in [1.165, 1.54) is 5.56 Å². The summed E-state index contributed by atoms with van der Waals surface area (Å²) in [5.41, 5.74) is 3.16. The number of halogens is 1. The highest BCUT2D eigenvalue weighted by Crippen LogP contribution is 2.20. The van der Waals surface area contributed by atoms with Crippen LogP contribution in [0.2, 0.25) is 5.02 Å². The van der Waals surface area contributed by atoms with Crippen LogP contribution < -0.4 is 15.4 Å². The molecule has 2 aromatic carbocycles. The summed E-state index contributed by atoms with van der Waals surface area (Å²) >= 11 is 6.01. The van der Waals surface area contributed by atoms with Crippen molar-refractivity contribution in [3.63, 3.8) is 0 Å². The summed E-state index contributed by atoms with van der Waals surface area (Å²) < 4.78 is 10.7. The van der Waals surface area contributed by atoms with Crippen LogP contribution >= 0.6 is 11.6 Å². The predicted octanol–water partition coefficient (Wildman–Crippen LogP) is 3.61. The Morgan fingerprint density at radius 1 is 1.21 bits per heavy atom. The summed E-state index contributed by atoms with van der Waals surface area (Å²) in [6.45, 7) is 3.14. The van der Waals surface area contributed by atoms with Crippen molar-refractivity contribution in [2.75, 3.05) is 20.7 Å². The molecule has 0 radical (unpaired) electrons. The summed E-state index contributed by atoms with van der Waals surface area (Å²) in [6, 6.07) is 13.5. The summed E-state index contributed by atoms with van der Waals surface area (Å²) in [6.07, 6.45) is 0.811. The quantitative estimate of drug-likeness (QED) is 0.454. The number of ether oxygens (including phenoxy) is 1. The van der Waals surface area contributed by atoms with Gasteiger partial charge in [0.15, 0.2) is 5.96 Å². The Morgan fingerprint density at radius 3 is 2.83 bits per heavy atom. The first-order chi connectivity index (χ1) is 14.1. The Hall–Kier alpha value is -3.06. The summed E-state index contributed by atoms with van der Waals surface area (Å²) in [4.78, 5) is 8.62. The lowest BCUT2D eigenvalue weighted by atomic mass is 10.1. The van der Waals surface area contributed by atoms with Gasteiger partial charge in [0.25, 0.3) is 0 Å². The number of aliphatic imine (C=N–C) groups is 1. The Balaban J connectivity index is 1.52. The van der Waals surface area contributed by atoms with Gasteiger partial charge in [-0.05, 0) is 37.1 Å². The van der Waals surface area contributed by atoms with Crippen molar-refractivity contribution in [2.24, 2.45) is 4.99 Å². The molecule has 152 valence electrons. The fourth-order valence-electron chi connectivity index (χ4n) is 2.87. The highest BCUT2D eigenvalue weighted by molar-refractivity contribution is 6.30. The molecule has 0 saturated carbocycles. The minimum atomic E-state index is 0.362. The molecular formula is C21H24ClN5O2. The fourth-order valence-corrected chi connectivity index (χ4v) is 3.06. The molecule has 0 unspecified atom stereocenters. The van der Waals surface area contributed by atoms with E-state index in [1.54, 1.807) is 26.3 Å². The first-order valence-electron chi connectivity index (χ1n) is 9.25. The van der Waals surface area contributed by atoms with Gasteiger partial charge in [-0.1, -0.05) is 46.6 Å². The number of hydrogen-bond donors (Lipinski definition) is 2. The van der Waals surface area contributed by atoms with E-state index < -0.39 is 0 Å². The van der Waals surface area contributed by atoms with Gasteiger partial charge in [0.1, 0.15) is 5.75 Å². The third-order valence-corrected chi connectivity index (χ3v) is 4.54. The molecule has 0 aliphatic rings. The molecule has 0 aliphatic carbocycles. The number of aromatic nitrogens is 2.